The van der Waals surface area contributed by atoms with Gasteiger partial charge in [0.15, 0.2) is 0 Å². The van der Waals surface area contributed by atoms with Gasteiger partial charge in [-0.3, -0.25) is 0 Å². The van der Waals surface area contributed by atoms with Crippen LogP contribution in [0.25, 0.3) is 0 Å². The molecule has 0 amide bonds. The van der Waals surface area contributed by atoms with E-state index in [1.165, 1.54) is 12.3 Å². The lowest BCUT2D eigenvalue weighted by atomic mass is 9.95. The average Bonchev–Trinajstić information content (AvgIpc) is 2.37. The summed E-state index contributed by atoms with van der Waals surface area (Å²) in [6.07, 6.45) is -2.70. The van der Waals surface area contributed by atoms with Crippen LogP contribution in [0.1, 0.15) is 22.7 Å². The minimum atomic E-state index is -4.45. The van der Waals surface area contributed by atoms with E-state index in [0.29, 0.717) is 10.3 Å². The summed E-state index contributed by atoms with van der Waals surface area (Å²) >= 11 is 3.05. The van der Waals surface area contributed by atoms with Crippen LogP contribution < -0.4 is 11.5 Å². The molecule has 2 rings (SSSR count). The van der Waals surface area contributed by atoms with E-state index in [4.69, 9.17) is 11.5 Å². The molecule has 0 bridgehead atoms. The summed E-state index contributed by atoms with van der Waals surface area (Å²) in [5, 5.41) is 0. The van der Waals surface area contributed by atoms with Gasteiger partial charge in [-0.1, -0.05) is 22.0 Å². The number of nitrogens with two attached hydrogens (primary N) is 2. The fourth-order valence-corrected chi connectivity index (χ4v) is 2.44. The molecule has 7 heteroatoms. The second kappa shape index (κ2) is 6.03. The van der Waals surface area contributed by atoms with Crippen LogP contribution in [0.15, 0.2) is 41.0 Å². The van der Waals surface area contributed by atoms with Crippen LogP contribution in [0.3, 0.4) is 0 Å². The van der Waals surface area contributed by atoms with Gasteiger partial charge in [-0.25, -0.2) is 4.98 Å². The molecule has 4 N–H and O–H groups in total. The van der Waals surface area contributed by atoms with E-state index in [2.05, 4.69) is 20.9 Å². The molecule has 1 unspecified atom stereocenters. The zero-order valence-electron chi connectivity index (χ0n) is 10.9. The second-order valence-electron chi connectivity index (χ2n) is 4.63. The summed E-state index contributed by atoms with van der Waals surface area (Å²) in [5.74, 6) is 0.312. The molecular weight excluding hydrogens is 347 g/mol. The summed E-state index contributed by atoms with van der Waals surface area (Å²) in [4.78, 5) is 3.84. The molecule has 3 nitrogen and oxygen atoms in total. The maximum Gasteiger partial charge on any atom is 0.416 e. The van der Waals surface area contributed by atoms with Gasteiger partial charge in [0.1, 0.15) is 5.82 Å². The van der Waals surface area contributed by atoms with Crippen molar-refractivity contribution in [2.45, 2.75) is 18.6 Å². The number of rotatable bonds is 3. The highest BCUT2D eigenvalue weighted by Gasteiger charge is 2.34. The van der Waals surface area contributed by atoms with Gasteiger partial charge < -0.3 is 11.5 Å². The fraction of sp³-hybridized carbons (Fsp3) is 0.214. The third kappa shape index (κ3) is 3.95. The van der Waals surface area contributed by atoms with Crippen molar-refractivity contribution in [1.29, 1.82) is 0 Å². The quantitative estimate of drug-likeness (QED) is 0.878. The van der Waals surface area contributed by atoms with Gasteiger partial charge in [-0.05, 0) is 41.8 Å². The summed E-state index contributed by atoms with van der Waals surface area (Å²) in [6.45, 7) is 0. The van der Waals surface area contributed by atoms with Crippen LogP contribution in [0.4, 0.5) is 19.0 Å². The summed E-state index contributed by atoms with van der Waals surface area (Å²) in [7, 11) is 0. The number of nitrogens with zero attached hydrogens (tertiary/aromatic N) is 1. The zero-order chi connectivity index (χ0) is 15.6. The lowest BCUT2D eigenvalue weighted by Gasteiger charge is -2.19. The largest absolute Gasteiger partial charge is 0.416 e. The number of pyridine rings is 1. The van der Waals surface area contributed by atoms with Crippen molar-refractivity contribution in [2.75, 3.05) is 5.73 Å². The third-order valence-electron chi connectivity index (χ3n) is 3.02. The maximum atomic E-state index is 13.1. The van der Waals surface area contributed by atoms with Crippen molar-refractivity contribution in [2.24, 2.45) is 5.73 Å². The van der Waals surface area contributed by atoms with Gasteiger partial charge in [0.25, 0.3) is 0 Å². The second-order valence-corrected chi connectivity index (χ2v) is 5.54. The molecule has 0 saturated carbocycles. The standard InChI is InChI=1S/C14H13BrF3N3/c15-9-1-2-10(11(7-9)14(16,17)18)12(19)5-8-3-4-21-13(20)6-8/h1-4,6-7,12H,5,19H2,(H2,20,21). The number of anilines is 1. The normalized spacial score (nSPS) is 13.2. The number of aromatic nitrogens is 1. The Morgan fingerprint density at radius 1 is 1.19 bits per heavy atom. The number of benzene rings is 1. The molecule has 112 valence electrons. The first-order chi connectivity index (χ1) is 9.77. The topological polar surface area (TPSA) is 64.9 Å². The van der Waals surface area contributed by atoms with E-state index < -0.39 is 17.8 Å². The van der Waals surface area contributed by atoms with Crippen molar-refractivity contribution < 1.29 is 13.2 Å². The maximum absolute atomic E-state index is 13.1. The first-order valence-electron chi connectivity index (χ1n) is 6.10. The SMILES string of the molecule is Nc1cc(CC(N)c2ccc(Br)cc2C(F)(F)F)ccn1. The molecule has 0 radical (unpaired) electrons. The van der Waals surface area contributed by atoms with E-state index in [1.807, 2.05) is 0 Å². The molecule has 1 atom stereocenters. The minimum absolute atomic E-state index is 0.0566. The Kier molecular flexibility index (Phi) is 4.53. The molecule has 0 aliphatic carbocycles. The van der Waals surface area contributed by atoms with E-state index in [9.17, 15) is 13.2 Å². The van der Waals surface area contributed by atoms with Crippen LogP contribution in [0, 0.1) is 0 Å². The highest BCUT2D eigenvalue weighted by atomic mass is 79.9. The Balaban J connectivity index is 2.33. The van der Waals surface area contributed by atoms with Gasteiger partial charge in [0, 0.05) is 16.7 Å². The van der Waals surface area contributed by atoms with E-state index >= 15 is 0 Å². The first kappa shape index (κ1) is 15.8. The number of hydrogen-bond donors (Lipinski definition) is 2. The molecule has 0 aliphatic heterocycles. The monoisotopic (exact) mass is 359 g/mol. The number of nitrogen functional groups attached to an aromatic ring is 1. The van der Waals surface area contributed by atoms with Crippen molar-refractivity contribution in [3.8, 4) is 0 Å². The van der Waals surface area contributed by atoms with Gasteiger partial charge in [-0.2, -0.15) is 13.2 Å². The van der Waals surface area contributed by atoms with E-state index in [1.54, 1.807) is 18.2 Å². The Labute approximate surface area is 128 Å². The molecule has 1 aromatic heterocycles. The van der Waals surface area contributed by atoms with Gasteiger partial charge in [0.2, 0.25) is 0 Å². The molecule has 2 aromatic rings. The number of hydrogen-bond acceptors (Lipinski definition) is 3. The average molecular weight is 360 g/mol. The van der Waals surface area contributed by atoms with E-state index in [-0.39, 0.29) is 12.0 Å². The van der Waals surface area contributed by atoms with Crippen LogP contribution in [-0.2, 0) is 12.6 Å². The van der Waals surface area contributed by atoms with Gasteiger partial charge in [-0.15, -0.1) is 0 Å². The van der Waals surface area contributed by atoms with Crippen LogP contribution in [0.2, 0.25) is 0 Å². The van der Waals surface area contributed by atoms with Gasteiger partial charge in [0.05, 0.1) is 5.56 Å². The highest BCUT2D eigenvalue weighted by molar-refractivity contribution is 9.10. The first-order valence-corrected chi connectivity index (χ1v) is 6.89. The Bertz CT molecular complexity index is 644. The predicted molar refractivity (Wildman–Crippen MR) is 78.4 cm³/mol. The van der Waals surface area contributed by atoms with E-state index in [0.717, 1.165) is 11.6 Å². The highest BCUT2D eigenvalue weighted by Crippen LogP contribution is 2.36. The lowest BCUT2D eigenvalue weighted by Crippen LogP contribution is -2.19. The van der Waals surface area contributed by atoms with Crippen molar-refractivity contribution in [3.05, 3.63) is 57.7 Å². The Morgan fingerprint density at radius 3 is 2.52 bits per heavy atom. The van der Waals surface area contributed by atoms with Crippen molar-refractivity contribution >= 4 is 21.7 Å². The third-order valence-corrected chi connectivity index (χ3v) is 3.51. The molecule has 21 heavy (non-hydrogen) atoms. The zero-order valence-corrected chi connectivity index (χ0v) is 12.4. The number of alkyl halides is 3. The smallest absolute Gasteiger partial charge is 0.384 e. The van der Waals surface area contributed by atoms with Crippen molar-refractivity contribution in [3.63, 3.8) is 0 Å². The molecular formula is C14H13BrF3N3. The van der Waals surface area contributed by atoms with Gasteiger partial charge >= 0.3 is 6.18 Å². The lowest BCUT2D eigenvalue weighted by molar-refractivity contribution is -0.138. The Morgan fingerprint density at radius 2 is 1.90 bits per heavy atom. The number of halogens is 4. The molecule has 1 aromatic carbocycles. The summed E-state index contributed by atoms with van der Waals surface area (Å²) in [6, 6.07) is 6.48. The predicted octanol–water partition coefficient (Wildman–Crippen LogP) is 3.69. The molecule has 0 saturated heterocycles. The summed E-state index contributed by atoms with van der Waals surface area (Å²) in [5.41, 5.74) is 11.6. The van der Waals surface area contributed by atoms with Crippen molar-refractivity contribution in [1.82, 2.24) is 4.98 Å². The minimum Gasteiger partial charge on any atom is -0.384 e. The molecule has 1 heterocycles. The van der Waals surface area contributed by atoms with Crippen LogP contribution in [0.5, 0.6) is 0 Å². The molecule has 0 spiro atoms. The molecule has 0 aliphatic rings. The molecule has 0 fully saturated rings. The Hall–Kier alpha value is -1.60. The summed E-state index contributed by atoms with van der Waals surface area (Å²) < 4.78 is 39.6. The van der Waals surface area contributed by atoms with Crippen LogP contribution >= 0.6 is 15.9 Å². The van der Waals surface area contributed by atoms with Crippen LogP contribution in [-0.4, -0.2) is 4.98 Å². The fourth-order valence-electron chi connectivity index (χ4n) is 2.08.